The molecule has 130 valence electrons. The summed E-state index contributed by atoms with van der Waals surface area (Å²) in [6.07, 6.45) is 1.20. The SMILES string of the molecule is COc1cc2sc(C(=O)C[C@H](C)C(=O)O)cc2c(F)c1CCCBr. The fourth-order valence-corrected chi connectivity index (χ4v) is 3.74. The molecule has 0 unspecified atom stereocenters. The molecule has 0 fully saturated rings. The number of thiophene rings is 1. The average Bonchev–Trinajstić information content (AvgIpc) is 2.98. The third kappa shape index (κ3) is 3.95. The lowest BCUT2D eigenvalue weighted by atomic mass is 10.0. The van der Waals surface area contributed by atoms with Gasteiger partial charge < -0.3 is 9.84 Å². The van der Waals surface area contributed by atoms with Crippen molar-refractivity contribution in [1.29, 1.82) is 0 Å². The molecule has 0 aliphatic carbocycles. The summed E-state index contributed by atoms with van der Waals surface area (Å²) in [5.41, 5.74) is 0.500. The molecule has 1 heterocycles. The van der Waals surface area contributed by atoms with E-state index in [4.69, 9.17) is 9.84 Å². The zero-order valence-corrected chi connectivity index (χ0v) is 15.8. The van der Waals surface area contributed by atoms with Crippen LogP contribution < -0.4 is 4.74 Å². The van der Waals surface area contributed by atoms with Crippen LogP contribution in [0.3, 0.4) is 0 Å². The van der Waals surface area contributed by atoms with Crippen molar-refractivity contribution < 1.29 is 23.8 Å². The van der Waals surface area contributed by atoms with Gasteiger partial charge >= 0.3 is 5.97 Å². The topological polar surface area (TPSA) is 63.6 Å². The third-order valence-electron chi connectivity index (χ3n) is 3.79. The van der Waals surface area contributed by atoms with E-state index < -0.39 is 11.9 Å². The molecular weight excluding hydrogens is 399 g/mol. The van der Waals surface area contributed by atoms with Crippen LogP contribution in [0.1, 0.15) is 35.0 Å². The van der Waals surface area contributed by atoms with Crippen molar-refractivity contribution >= 4 is 49.1 Å². The number of hydrogen-bond acceptors (Lipinski definition) is 4. The number of alkyl halides is 1. The smallest absolute Gasteiger partial charge is 0.306 e. The summed E-state index contributed by atoms with van der Waals surface area (Å²) in [6, 6.07) is 3.26. The Morgan fingerprint density at radius 1 is 1.42 bits per heavy atom. The molecule has 0 aliphatic rings. The summed E-state index contributed by atoms with van der Waals surface area (Å²) >= 11 is 4.50. The van der Waals surface area contributed by atoms with Crippen molar-refractivity contribution in [3.63, 3.8) is 0 Å². The summed E-state index contributed by atoms with van der Waals surface area (Å²) in [6.45, 7) is 1.48. The number of ether oxygens (including phenoxy) is 1. The van der Waals surface area contributed by atoms with Crippen molar-refractivity contribution in [3.05, 3.63) is 28.4 Å². The minimum Gasteiger partial charge on any atom is -0.496 e. The minimum atomic E-state index is -1.02. The second-order valence-electron chi connectivity index (χ2n) is 5.55. The molecule has 0 saturated carbocycles. The minimum absolute atomic E-state index is 0.0998. The number of carboxylic acids is 1. The number of ketones is 1. The lowest BCUT2D eigenvalue weighted by molar-refractivity contribution is -0.141. The van der Waals surface area contributed by atoms with E-state index in [0.29, 0.717) is 32.7 Å². The Kier molecular flexibility index (Phi) is 6.34. The highest BCUT2D eigenvalue weighted by Gasteiger charge is 2.21. The van der Waals surface area contributed by atoms with E-state index in [1.54, 1.807) is 6.07 Å². The number of carbonyl (C=O) groups is 2. The first-order valence-corrected chi connectivity index (χ1v) is 9.43. The van der Waals surface area contributed by atoms with Crippen LogP contribution in [0.2, 0.25) is 0 Å². The molecule has 24 heavy (non-hydrogen) atoms. The zero-order valence-electron chi connectivity index (χ0n) is 13.4. The van der Waals surface area contributed by atoms with Gasteiger partial charge in [-0.25, -0.2) is 4.39 Å². The first-order chi connectivity index (χ1) is 11.4. The number of Topliss-reactive ketones (excluding diaryl/α,β-unsaturated/α-hetero) is 1. The van der Waals surface area contributed by atoms with Gasteiger partial charge in [-0.05, 0) is 25.0 Å². The van der Waals surface area contributed by atoms with Gasteiger partial charge in [0.1, 0.15) is 11.6 Å². The van der Waals surface area contributed by atoms with Crippen LogP contribution in [0, 0.1) is 11.7 Å². The molecule has 0 saturated heterocycles. The van der Waals surface area contributed by atoms with Crippen molar-refractivity contribution in [2.24, 2.45) is 5.92 Å². The van der Waals surface area contributed by atoms with E-state index >= 15 is 0 Å². The normalized spacial score (nSPS) is 12.3. The van der Waals surface area contributed by atoms with Crippen LogP contribution in [0.25, 0.3) is 10.1 Å². The van der Waals surface area contributed by atoms with E-state index in [1.165, 1.54) is 20.1 Å². The van der Waals surface area contributed by atoms with Gasteiger partial charge in [-0.2, -0.15) is 0 Å². The van der Waals surface area contributed by atoms with Gasteiger partial charge in [0.15, 0.2) is 5.78 Å². The highest BCUT2D eigenvalue weighted by atomic mass is 79.9. The van der Waals surface area contributed by atoms with E-state index in [-0.39, 0.29) is 18.0 Å². The van der Waals surface area contributed by atoms with Gasteiger partial charge in [0, 0.05) is 27.4 Å². The summed E-state index contributed by atoms with van der Waals surface area (Å²) in [5, 5.41) is 10.1. The Bertz CT molecular complexity index is 772. The fraction of sp³-hybridized carbons (Fsp3) is 0.412. The number of hydrogen-bond donors (Lipinski definition) is 1. The van der Waals surface area contributed by atoms with E-state index in [1.807, 2.05) is 0 Å². The van der Waals surface area contributed by atoms with Crippen molar-refractivity contribution in [3.8, 4) is 5.75 Å². The van der Waals surface area contributed by atoms with Crippen LogP contribution in [-0.4, -0.2) is 29.3 Å². The molecule has 0 spiro atoms. The molecular formula is C17H18BrFO4S. The molecule has 0 radical (unpaired) electrons. The van der Waals surface area contributed by atoms with Crippen LogP contribution >= 0.6 is 27.3 Å². The predicted octanol–water partition coefficient (Wildman–Crippen LogP) is 4.67. The zero-order chi connectivity index (χ0) is 17.9. The Labute approximate surface area is 151 Å². The largest absolute Gasteiger partial charge is 0.496 e. The predicted molar refractivity (Wildman–Crippen MR) is 96.2 cm³/mol. The highest BCUT2D eigenvalue weighted by Crippen LogP contribution is 2.36. The number of methoxy groups -OCH3 is 1. The number of benzene rings is 1. The number of halogens is 2. The number of fused-ring (bicyclic) bond motifs is 1. The summed E-state index contributed by atoms with van der Waals surface area (Å²) < 4.78 is 20.7. The highest BCUT2D eigenvalue weighted by molar-refractivity contribution is 9.09. The van der Waals surface area contributed by atoms with E-state index in [2.05, 4.69) is 15.9 Å². The summed E-state index contributed by atoms with van der Waals surface area (Å²) in [7, 11) is 1.49. The second-order valence-corrected chi connectivity index (χ2v) is 7.43. The Morgan fingerprint density at radius 2 is 2.12 bits per heavy atom. The molecule has 7 heteroatoms. The maximum absolute atomic E-state index is 14.8. The first kappa shape index (κ1) is 18.9. The molecule has 1 N–H and O–H groups in total. The Balaban J connectivity index is 2.41. The average molecular weight is 417 g/mol. The molecule has 0 aliphatic heterocycles. The Morgan fingerprint density at radius 3 is 2.71 bits per heavy atom. The molecule has 1 atom stereocenters. The van der Waals surface area contributed by atoms with Gasteiger partial charge in [-0.3, -0.25) is 9.59 Å². The molecule has 1 aromatic heterocycles. The maximum Gasteiger partial charge on any atom is 0.306 e. The number of rotatable bonds is 8. The summed E-state index contributed by atoms with van der Waals surface area (Å²) in [5.74, 6) is -1.97. The fourth-order valence-electron chi connectivity index (χ4n) is 2.42. The number of carbonyl (C=O) groups excluding carboxylic acids is 1. The van der Waals surface area contributed by atoms with Crippen LogP contribution in [-0.2, 0) is 11.2 Å². The number of carboxylic acid groups (broad SMARTS) is 1. The third-order valence-corrected chi connectivity index (χ3v) is 5.47. The second kappa shape index (κ2) is 8.07. The van der Waals surface area contributed by atoms with Gasteiger partial charge in [0.05, 0.1) is 17.9 Å². The van der Waals surface area contributed by atoms with Gasteiger partial charge in [-0.1, -0.05) is 22.9 Å². The number of aliphatic carboxylic acids is 1. The van der Waals surface area contributed by atoms with Crippen LogP contribution in [0.15, 0.2) is 12.1 Å². The van der Waals surface area contributed by atoms with E-state index in [0.717, 1.165) is 23.1 Å². The van der Waals surface area contributed by atoms with Crippen molar-refractivity contribution in [1.82, 2.24) is 0 Å². The van der Waals surface area contributed by atoms with Crippen molar-refractivity contribution in [2.75, 3.05) is 12.4 Å². The van der Waals surface area contributed by atoms with E-state index in [9.17, 15) is 14.0 Å². The lowest BCUT2D eigenvalue weighted by Gasteiger charge is -2.09. The molecule has 4 nitrogen and oxygen atoms in total. The van der Waals surface area contributed by atoms with Crippen molar-refractivity contribution in [2.45, 2.75) is 26.2 Å². The quantitative estimate of drug-likeness (QED) is 0.501. The molecule has 0 amide bonds. The first-order valence-electron chi connectivity index (χ1n) is 7.49. The monoisotopic (exact) mass is 416 g/mol. The molecule has 2 rings (SSSR count). The van der Waals surface area contributed by atoms with Gasteiger partial charge in [0.25, 0.3) is 0 Å². The van der Waals surface area contributed by atoms with Gasteiger partial charge in [-0.15, -0.1) is 11.3 Å². The Hall–Kier alpha value is -1.47. The standard InChI is InChI=1S/C17H18BrFO4S/c1-9(17(21)22)6-12(20)15-7-11-14(24-15)8-13(23-2)10(16(11)19)4-3-5-18/h7-9H,3-6H2,1-2H3,(H,21,22)/t9-/m0/s1. The molecule has 2 aromatic rings. The maximum atomic E-state index is 14.8. The molecule has 1 aromatic carbocycles. The lowest BCUT2D eigenvalue weighted by Crippen LogP contribution is -2.13. The van der Waals surface area contributed by atoms with Crippen LogP contribution in [0.4, 0.5) is 4.39 Å². The van der Waals surface area contributed by atoms with Gasteiger partial charge in [0.2, 0.25) is 0 Å². The molecule has 0 bridgehead atoms. The van der Waals surface area contributed by atoms with Crippen LogP contribution in [0.5, 0.6) is 5.75 Å². The summed E-state index contributed by atoms with van der Waals surface area (Å²) in [4.78, 5) is 23.5.